The smallest absolute Gasteiger partial charge is 0.223 e. The van der Waals surface area contributed by atoms with Crippen LogP contribution in [0.5, 0.6) is 0 Å². The molecule has 1 heterocycles. The topological polar surface area (TPSA) is 62.5 Å². The molecule has 2 atom stereocenters. The van der Waals surface area contributed by atoms with Crippen LogP contribution in [-0.4, -0.2) is 17.6 Å². The third-order valence-corrected chi connectivity index (χ3v) is 4.34. The molecule has 4 nitrogen and oxygen atoms in total. The largest absolute Gasteiger partial charge is 0.467 e. The van der Waals surface area contributed by atoms with Gasteiger partial charge in [-0.25, -0.2) is 0 Å². The molecule has 1 aromatic rings. The van der Waals surface area contributed by atoms with Gasteiger partial charge >= 0.3 is 0 Å². The highest BCUT2D eigenvalue weighted by Crippen LogP contribution is 2.31. The predicted molar refractivity (Wildman–Crippen MR) is 77.0 cm³/mol. The van der Waals surface area contributed by atoms with Crippen molar-refractivity contribution in [2.75, 3.05) is 6.61 Å². The summed E-state index contributed by atoms with van der Waals surface area (Å²) in [6, 6.07) is 3.11. The molecule has 1 aromatic heterocycles. The van der Waals surface area contributed by atoms with Gasteiger partial charge in [0.25, 0.3) is 0 Å². The summed E-state index contributed by atoms with van der Waals surface area (Å²) in [5.41, 5.74) is 0. The van der Waals surface area contributed by atoms with Crippen molar-refractivity contribution >= 4 is 5.91 Å². The number of hydrogen-bond acceptors (Lipinski definition) is 3. The van der Waals surface area contributed by atoms with Crippen LogP contribution in [0.25, 0.3) is 0 Å². The normalized spacial score (nSPS) is 18.9. The molecule has 1 saturated carbocycles. The number of aliphatic hydroxyl groups excluding tert-OH is 1. The molecule has 2 unspecified atom stereocenters. The van der Waals surface area contributed by atoms with Gasteiger partial charge in [-0.15, -0.1) is 0 Å². The van der Waals surface area contributed by atoms with Crippen LogP contribution in [0.2, 0.25) is 0 Å². The third-order valence-electron chi connectivity index (χ3n) is 4.34. The Hall–Kier alpha value is -1.29. The lowest BCUT2D eigenvalue weighted by molar-refractivity contribution is -0.127. The number of carbonyl (C=O) groups is 1. The maximum absolute atomic E-state index is 12.4. The zero-order valence-electron chi connectivity index (χ0n) is 12.2. The summed E-state index contributed by atoms with van der Waals surface area (Å²) in [7, 11) is 0. The Morgan fingerprint density at radius 3 is 2.80 bits per heavy atom. The molecule has 112 valence electrons. The maximum atomic E-state index is 12.4. The number of nitrogens with one attached hydrogen (secondary N) is 1. The minimum atomic E-state index is -0.435. The highest BCUT2D eigenvalue weighted by atomic mass is 16.3. The molecule has 0 aliphatic heterocycles. The van der Waals surface area contributed by atoms with Crippen LogP contribution in [0, 0.1) is 11.8 Å². The van der Waals surface area contributed by atoms with E-state index < -0.39 is 6.04 Å². The second-order valence-electron chi connectivity index (χ2n) is 5.75. The van der Waals surface area contributed by atoms with Gasteiger partial charge in [-0.1, -0.05) is 32.6 Å². The lowest BCUT2D eigenvalue weighted by atomic mass is 9.90. The van der Waals surface area contributed by atoms with E-state index in [1.54, 1.807) is 18.4 Å². The first kappa shape index (κ1) is 15.1. The summed E-state index contributed by atoms with van der Waals surface area (Å²) in [6.45, 7) is 1.92. The van der Waals surface area contributed by atoms with Crippen molar-refractivity contribution in [3.05, 3.63) is 24.2 Å². The molecule has 4 heteroatoms. The van der Waals surface area contributed by atoms with Crippen molar-refractivity contribution < 1.29 is 14.3 Å². The third kappa shape index (κ3) is 3.85. The molecule has 1 fully saturated rings. The molecular weight excluding hydrogens is 254 g/mol. The molecule has 0 saturated heterocycles. The molecule has 1 aliphatic carbocycles. The lowest BCUT2D eigenvalue weighted by Gasteiger charge is -2.21. The van der Waals surface area contributed by atoms with Crippen molar-refractivity contribution in [1.29, 1.82) is 0 Å². The number of furan rings is 1. The molecule has 2 rings (SSSR count). The highest BCUT2D eigenvalue weighted by Gasteiger charge is 2.26. The van der Waals surface area contributed by atoms with Crippen molar-refractivity contribution in [3.63, 3.8) is 0 Å². The molecule has 1 amide bonds. The first-order valence-corrected chi connectivity index (χ1v) is 7.69. The molecular formula is C16H25NO3. The van der Waals surface area contributed by atoms with Crippen LogP contribution in [0.3, 0.4) is 0 Å². The zero-order valence-corrected chi connectivity index (χ0v) is 12.2. The second kappa shape index (κ2) is 7.48. The van der Waals surface area contributed by atoms with Crippen molar-refractivity contribution in [2.24, 2.45) is 11.8 Å². The van der Waals surface area contributed by atoms with Crippen molar-refractivity contribution in [1.82, 2.24) is 5.32 Å². The number of hydrogen-bond donors (Lipinski definition) is 2. The van der Waals surface area contributed by atoms with E-state index in [2.05, 4.69) is 12.2 Å². The van der Waals surface area contributed by atoms with E-state index in [4.69, 9.17) is 4.42 Å². The SMILES string of the molecule is CCC(CC1CCCC1)C(=O)NC(CO)c1ccco1. The molecule has 2 N–H and O–H groups in total. The minimum Gasteiger partial charge on any atom is -0.467 e. The van der Waals surface area contributed by atoms with Crippen LogP contribution < -0.4 is 5.32 Å². The summed E-state index contributed by atoms with van der Waals surface area (Å²) in [6.07, 6.45) is 8.48. The summed E-state index contributed by atoms with van der Waals surface area (Å²) in [4.78, 5) is 12.4. The Balaban J connectivity index is 1.90. The minimum absolute atomic E-state index is 0.0369. The second-order valence-corrected chi connectivity index (χ2v) is 5.75. The molecule has 1 aliphatic rings. The average Bonchev–Trinajstić information content (AvgIpc) is 3.14. The zero-order chi connectivity index (χ0) is 14.4. The quantitative estimate of drug-likeness (QED) is 0.806. The van der Waals surface area contributed by atoms with Gasteiger partial charge in [0.05, 0.1) is 12.9 Å². The maximum Gasteiger partial charge on any atom is 0.223 e. The molecule has 0 bridgehead atoms. The summed E-state index contributed by atoms with van der Waals surface area (Å²) in [5, 5.41) is 12.3. The van der Waals surface area contributed by atoms with Gasteiger partial charge in [0.1, 0.15) is 11.8 Å². The van der Waals surface area contributed by atoms with E-state index in [9.17, 15) is 9.90 Å². The number of carbonyl (C=O) groups excluding carboxylic acids is 1. The van der Waals surface area contributed by atoms with E-state index in [0.29, 0.717) is 11.7 Å². The van der Waals surface area contributed by atoms with Crippen LogP contribution >= 0.6 is 0 Å². The Labute approximate surface area is 120 Å². The molecule has 0 spiro atoms. The fourth-order valence-electron chi connectivity index (χ4n) is 3.09. The van der Waals surface area contributed by atoms with E-state index in [0.717, 1.165) is 12.8 Å². The van der Waals surface area contributed by atoms with Crippen molar-refractivity contribution in [2.45, 2.75) is 51.5 Å². The van der Waals surface area contributed by atoms with E-state index in [1.807, 2.05) is 0 Å². The van der Waals surface area contributed by atoms with Gasteiger partial charge in [-0.3, -0.25) is 4.79 Å². The Bertz CT molecular complexity index is 396. The van der Waals surface area contributed by atoms with E-state index in [1.165, 1.54) is 25.7 Å². The number of rotatable bonds is 7. The standard InChI is InChI=1S/C16H25NO3/c1-2-13(10-12-6-3-4-7-12)16(19)17-14(11-18)15-8-5-9-20-15/h5,8-9,12-14,18H,2-4,6-7,10-11H2,1H3,(H,17,19). The van der Waals surface area contributed by atoms with Gasteiger partial charge in [0, 0.05) is 5.92 Å². The number of aliphatic hydroxyl groups is 1. The van der Waals surface area contributed by atoms with Crippen LogP contribution in [0.4, 0.5) is 0 Å². The Morgan fingerprint density at radius 2 is 2.25 bits per heavy atom. The van der Waals surface area contributed by atoms with Crippen LogP contribution in [0.1, 0.15) is 57.3 Å². The first-order chi connectivity index (χ1) is 9.74. The summed E-state index contributed by atoms with van der Waals surface area (Å²) in [5.74, 6) is 1.38. The molecule has 20 heavy (non-hydrogen) atoms. The summed E-state index contributed by atoms with van der Waals surface area (Å²) < 4.78 is 5.26. The van der Waals surface area contributed by atoms with Gasteiger partial charge < -0.3 is 14.8 Å². The van der Waals surface area contributed by atoms with Gasteiger partial charge in [-0.2, -0.15) is 0 Å². The van der Waals surface area contributed by atoms with E-state index >= 15 is 0 Å². The first-order valence-electron chi connectivity index (χ1n) is 7.69. The number of amides is 1. The van der Waals surface area contributed by atoms with Gasteiger partial charge in [0.15, 0.2) is 0 Å². The fourth-order valence-corrected chi connectivity index (χ4v) is 3.09. The highest BCUT2D eigenvalue weighted by molar-refractivity contribution is 5.79. The Kier molecular flexibility index (Phi) is 5.65. The molecule has 0 aromatic carbocycles. The van der Waals surface area contributed by atoms with Gasteiger partial charge in [-0.05, 0) is 30.9 Å². The summed E-state index contributed by atoms with van der Waals surface area (Å²) >= 11 is 0. The predicted octanol–water partition coefficient (Wildman–Crippen LogP) is 3.04. The van der Waals surface area contributed by atoms with Crippen molar-refractivity contribution in [3.8, 4) is 0 Å². The lowest BCUT2D eigenvalue weighted by Crippen LogP contribution is -2.36. The monoisotopic (exact) mass is 279 g/mol. The fraction of sp³-hybridized carbons (Fsp3) is 0.688. The van der Waals surface area contributed by atoms with E-state index in [-0.39, 0.29) is 18.4 Å². The van der Waals surface area contributed by atoms with Crippen LogP contribution in [-0.2, 0) is 4.79 Å². The Morgan fingerprint density at radius 1 is 1.50 bits per heavy atom. The van der Waals surface area contributed by atoms with Crippen LogP contribution in [0.15, 0.2) is 22.8 Å². The average molecular weight is 279 g/mol. The van der Waals surface area contributed by atoms with Gasteiger partial charge in [0.2, 0.25) is 5.91 Å². The molecule has 0 radical (unpaired) electrons.